The highest BCUT2D eigenvalue weighted by Gasteiger charge is 2.44. The van der Waals surface area contributed by atoms with Crippen molar-refractivity contribution in [2.24, 2.45) is 5.92 Å². The summed E-state index contributed by atoms with van der Waals surface area (Å²) < 4.78 is 7.32. The minimum atomic E-state index is -0.959. The van der Waals surface area contributed by atoms with Gasteiger partial charge in [-0.2, -0.15) is 5.10 Å². The summed E-state index contributed by atoms with van der Waals surface area (Å²) in [5.74, 6) is -0.587. The van der Waals surface area contributed by atoms with E-state index in [4.69, 9.17) is 4.74 Å². The maximum absolute atomic E-state index is 13.0. The summed E-state index contributed by atoms with van der Waals surface area (Å²) in [5.41, 5.74) is 3.14. The van der Waals surface area contributed by atoms with Crippen molar-refractivity contribution >= 4 is 29.3 Å². The largest absolute Gasteiger partial charge is 0.497 e. The number of anilines is 1. The van der Waals surface area contributed by atoms with Crippen LogP contribution < -0.4 is 15.4 Å². The first-order valence-electron chi connectivity index (χ1n) is 13.6. The molecule has 1 aliphatic carbocycles. The molecule has 0 radical (unpaired) electrons. The van der Waals surface area contributed by atoms with Crippen LogP contribution in [0.5, 0.6) is 5.75 Å². The molecule has 3 aliphatic rings. The first-order chi connectivity index (χ1) is 19.4. The van der Waals surface area contributed by atoms with Gasteiger partial charge in [-0.1, -0.05) is 0 Å². The molecule has 3 aromatic rings. The standard InChI is InChI=1S/C29H30N6O5/c1-40-21-8-10-31-24(14-21)18-15-32-34(16-18)20-11-17(12-20)3-2-9-30-19-4-5-22-23(13-19)29(39)35(28(22)38)25-6-7-26(36)33-27(25)37/h4-5,8,10,13-17,20,25,30H,2-3,6-7,9,11-12H2,1H3,(H,33,36,37)/t17-,20-,25?. The number of piperidine rings is 1. The van der Waals surface area contributed by atoms with E-state index in [0.29, 0.717) is 12.0 Å². The monoisotopic (exact) mass is 542 g/mol. The number of hydrogen-bond donors (Lipinski definition) is 2. The Hall–Kier alpha value is -4.54. The molecule has 0 bridgehead atoms. The van der Waals surface area contributed by atoms with E-state index in [2.05, 4.69) is 20.7 Å². The fraction of sp³-hybridized carbons (Fsp3) is 0.379. The zero-order chi connectivity index (χ0) is 27.8. The molecule has 1 aromatic carbocycles. The molecule has 1 saturated carbocycles. The van der Waals surface area contributed by atoms with Crippen LogP contribution in [-0.2, 0) is 9.59 Å². The second kappa shape index (κ2) is 10.6. The van der Waals surface area contributed by atoms with Crippen molar-refractivity contribution in [1.82, 2.24) is 25.0 Å². The zero-order valence-electron chi connectivity index (χ0n) is 22.1. The lowest BCUT2D eigenvalue weighted by atomic mass is 9.77. The van der Waals surface area contributed by atoms with Gasteiger partial charge in [-0.05, 0) is 62.3 Å². The minimum Gasteiger partial charge on any atom is -0.497 e. The zero-order valence-corrected chi connectivity index (χ0v) is 22.1. The van der Waals surface area contributed by atoms with Crippen LogP contribution in [0.25, 0.3) is 11.3 Å². The number of hydrogen-bond acceptors (Lipinski definition) is 8. The highest BCUT2D eigenvalue weighted by Crippen LogP contribution is 2.40. The summed E-state index contributed by atoms with van der Waals surface area (Å²) in [7, 11) is 1.64. The van der Waals surface area contributed by atoms with Crippen molar-refractivity contribution in [1.29, 1.82) is 0 Å². The summed E-state index contributed by atoms with van der Waals surface area (Å²) in [6, 6.07) is 8.24. The Morgan fingerprint density at radius 3 is 2.70 bits per heavy atom. The number of aromatic nitrogens is 3. The normalized spacial score (nSPS) is 22.1. The van der Waals surface area contributed by atoms with Crippen molar-refractivity contribution in [3.8, 4) is 17.0 Å². The number of imide groups is 2. The van der Waals surface area contributed by atoms with E-state index >= 15 is 0 Å². The molecule has 40 heavy (non-hydrogen) atoms. The molecule has 1 atom stereocenters. The van der Waals surface area contributed by atoms with E-state index in [1.807, 2.05) is 29.2 Å². The van der Waals surface area contributed by atoms with Gasteiger partial charge in [0.05, 0.1) is 36.2 Å². The Labute approximate surface area is 230 Å². The van der Waals surface area contributed by atoms with Gasteiger partial charge in [0, 0.05) is 42.7 Å². The molecule has 6 rings (SSSR count). The second-order valence-corrected chi connectivity index (χ2v) is 10.6. The van der Waals surface area contributed by atoms with Crippen LogP contribution in [-0.4, -0.2) is 63.0 Å². The van der Waals surface area contributed by atoms with E-state index in [0.717, 1.165) is 59.8 Å². The van der Waals surface area contributed by atoms with Gasteiger partial charge in [0.1, 0.15) is 11.8 Å². The van der Waals surface area contributed by atoms with E-state index in [9.17, 15) is 19.2 Å². The molecular weight excluding hydrogens is 512 g/mol. The molecule has 1 saturated heterocycles. The van der Waals surface area contributed by atoms with E-state index in [1.165, 1.54) is 0 Å². The van der Waals surface area contributed by atoms with Crippen molar-refractivity contribution < 1.29 is 23.9 Å². The number of rotatable bonds is 9. The Bertz CT molecular complexity index is 1490. The Morgan fingerprint density at radius 1 is 1.07 bits per heavy atom. The lowest BCUT2D eigenvalue weighted by molar-refractivity contribution is -0.136. The molecule has 4 heterocycles. The number of nitrogens with zero attached hydrogens (tertiary/aromatic N) is 4. The SMILES string of the molecule is COc1ccnc(-c2cnn([C@H]3C[C@H](CCCNc4ccc5c(c4)C(=O)N(C4CCC(=O)NC4=O)C5=O)C3)c2)c1. The van der Waals surface area contributed by atoms with Gasteiger partial charge in [0.2, 0.25) is 11.8 Å². The average molecular weight is 543 g/mol. The fourth-order valence-corrected chi connectivity index (χ4v) is 5.72. The number of nitrogens with one attached hydrogen (secondary N) is 2. The van der Waals surface area contributed by atoms with E-state index < -0.39 is 23.8 Å². The number of benzene rings is 1. The van der Waals surface area contributed by atoms with Gasteiger partial charge >= 0.3 is 0 Å². The quantitative estimate of drug-likeness (QED) is 0.311. The van der Waals surface area contributed by atoms with Gasteiger partial charge in [-0.15, -0.1) is 0 Å². The maximum atomic E-state index is 13.0. The number of methoxy groups -OCH3 is 1. The fourth-order valence-electron chi connectivity index (χ4n) is 5.72. The van der Waals surface area contributed by atoms with Gasteiger partial charge in [0.25, 0.3) is 11.8 Å². The first-order valence-corrected chi connectivity index (χ1v) is 13.6. The number of carbonyl (C=O) groups is 4. The molecular formula is C29H30N6O5. The molecule has 2 fully saturated rings. The molecule has 11 heteroatoms. The van der Waals surface area contributed by atoms with Crippen LogP contribution in [0.15, 0.2) is 48.9 Å². The van der Waals surface area contributed by atoms with E-state index in [1.54, 1.807) is 31.5 Å². The van der Waals surface area contributed by atoms with Crippen LogP contribution in [0.2, 0.25) is 0 Å². The number of carbonyl (C=O) groups excluding carboxylic acids is 4. The third kappa shape index (κ3) is 4.83. The Morgan fingerprint density at radius 2 is 1.90 bits per heavy atom. The highest BCUT2D eigenvalue weighted by atomic mass is 16.5. The lowest BCUT2D eigenvalue weighted by Crippen LogP contribution is -2.54. The third-order valence-corrected chi connectivity index (χ3v) is 8.01. The second-order valence-electron chi connectivity index (χ2n) is 10.6. The number of amides is 4. The van der Waals surface area contributed by atoms with Crippen LogP contribution in [0.3, 0.4) is 0 Å². The lowest BCUT2D eigenvalue weighted by Gasteiger charge is -2.35. The van der Waals surface area contributed by atoms with Crippen LogP contribution in [0.4, 0.5) is 5.69 Å². The van der Waals surface area contributed by atoms with Crippen LogP contribution in [0, 0.1) is 5.92 Å². The van der Waals surface area contributed by atoms with Crippen molar-refractivity contribution in [3.05, 3.63) is 60.0 Å². The van der Waals surface area contributed by atoms with Gasteiger partial charge in [-0.3, -0.25) is 39.1 Å². The number of ether oxygens (including phenoxy) is 1. The highest BCUT2D eigenvalue weighted by molar-refractivity contribution is 6.23. The summed E-state index contributed by atoms with van der Waals surface area (Å²) >= 11 is 0. The smallest absolute Gasteiger partial charge is 0.262 e. The Kier molecular flexibility index (Phi) is 6.79. The number of fused-ring (bicyclic) bond motifs is 1. The molecule has 4 amide bonds. The maximum Gasteiger partial charge on any atom is 0.262 e. The third-order valence-electron chi connectivity index (χ3n) is 8.01. The predicted molar refractivity (Wildman–Crippen MR) is 145 cm³/mol. The predicted octanol–water partition coefficient (Wildman–Crippen LogP) is 3.20. The molecule has 0 spiro atoms. The minimum absolute atomic E-state index is 0.0994. The molecule has 11 nitrogen and oxygen atoms in total. The van der Waals surface area contributed by atoms with Crippen LogP contribution in [0.1, 0.15) is 65.3 Å². The van der Waals surface area contributed by atoms with Gasteiger partial charge in [-0.25, -0.2) is 0 Å². The van der Waals surface area contributed by atoms with Crippen molar-refractivity contribution in [2.75, 3.05) is 19.0 Å². The average Bonchev–Trinajstić information content (AvgIpc) is 3.51. The molecule has 1 unspecified atom stereocenters. The first kappa shape index (κ1) is 25.7. The molecule has 2 N–H and O–H groups in total. The molecule has 2 aliphatic heterocycles. The van der Waals surface area contributed by atoms with E-state index in [-0.39, 0.29) is 29.9 Å². The van der Waals surface area contributed by atoms with Crippen molar-refractivity contribution in [3.63, 3.8) is 0 Å². The molecule has 2 aromatic heterocycles. The van der Waals surface area contributed by atoms with Gasteiger partial charge < -0.3 is 10.1 Å². The van der Waals surface area contributed by atoms with Gasteiger partial charge in [0.15, 0.2) is 0 Å². The molecule has 206 valence electrons. The summed E-state index contributed by atoms with van der Waals surface area (Å²) in [4.78, 5) is 55.0. The summed E-state index contributed by atoms with van der Waals surface area (Å²) in [6.45, 7) is 0.742. The van der Waals surface area contributed by atoms with Crippen LogP contribution >= 0.6 is 0 Å². The topological polar surface area (TPSA) is 136 Å². The Balaban J connectivity index is 0.972. The van der Waals surface area contributed by atoms with Crippen molar-refractivity contribution in [2.45, 2.75) is 50.6 Å². The summed E-state index contributed by atoms with van der Waals surface area (Å²) in [6.07, 6.45) is 10.1. The summed E-state index contributed by atoms with van der Waals surface area (Å²) in [5, 5.41) is 10.1. The number of pyridine rings is 1.